The SMILES string of the molecule is CCN(Cc1nnc(-c2ccccc2Br)o1)C[C@H](C)C#N. The van der Waals surface area contributed by atoms with Gasteiger partial charge in [0.25, 0.3) is 0 Å². The molecule has 0 saturated carbocycles. The lowest BCUT2D eigenvalue weighted by molar-refractivity contribution is 0.235. The van der Waals surface area contributed by atoms with Crippen LogP contribution in [0.15, 0.2) is 33.2 Å². The van der Waals surface area contributed by atoms with Crippen LogP contribution in [0.3, 0.4) is 0 Å². The van der Waals surface area contributed by atoms with Crippen LogP contribution in [-0.4, -0.2) is 28.2 Å². The van der Waals surface area contributed by atoms with E-state index in [2.05, 4.69) is 44.0 Å². The number of rotatable bonds is 6. The minimum atomic E-state index is -0.0180. The normalized spacial score (nSPS) is 12.3. The lowest BCUT2D eigenvalue weighted by atomic mass is 10.2. The molecule has 0 saturated heterocycles. The standard InChI is InChI=1S/C15H17BrN4O/c1-3-20(9-11(2)8-17)10-14-18-19-15(21-14)12-6-4-5-7-13(12)16/h4-7,11H,3,9-10H2,1-2H3/t11-/m1/s1. The van der Waals surface area contributed by atoms with Crippen LogP contribution in [0.5, 0.6) is 0 Å². The molecule has 0 aliphatic rings. The molecule has 0 aliphatic carbocycles. The van der Waals surface area contributed by atoms with E-state index in [0.717, 1.165) is 16.6 Å². The molecule has 0 spiro atoms. The summed E-state index contributed by atoms with van der Waals surface area (Å²) in [5.41, 5.74) is 0.879. The number of hydrogen-bond acceptors (Lipinski definition) is 5. The average molecular weight is 349 g/mol. The molecule has 6 heteroatoms. The summed E-state index contributed by atoms with van der Waals surface area (Å²) in [6.45, 7) is 6.04. The Balaban J connectivity index is 2.10. The number of hydrogen-bond donors (Lipinski definition) is 0. The lowest BCUT2D eigenvalue weighted by Gasteiger charge is -2.19. The molecule has 0 N–H and O–H groups in total. The first-order valence-corrected chi connectivity index (χ1v) is 7.62. The van der Waals surface area contributed by atoms with Gasteiger partial charge in [0.15, 0.2) is 0 Å². The first-order valence-electron chi connectivity index (χ1n) is 6.83. The molecule has 1 aromatic heterocycles. The maximum atomic E-state index is 8.90. The molecule has 2 rings (SSSR count). The maximum absolute atomic E-state index is 8.90. The third-order valence-electron chi connectivity index (χ3n) is 3.13. The molecule has 1 aromatic carbocycles. The summed E-state index contributed by atoms with van der Waals surface area (Å²) in [4.78, 5) is 2.12. The Hall–Kier alpha value is -1.71. The van der Waals surface area contributed by atoms with Gasteiger partial charge in [-0.05, 0) is 41.5 Å². The van der Waals surface area contributed by atoms with Crippen LogP contribution in [-0.2, 0) is 6.54 Å². The predicted octanol–water partition coefficient (Wildman–Crippen LogP) is 3.48. The number of aromatic nitrogens is 2. The van der Waals surface area contributed by atoms with E-state index in [-0.39, 0.29) is 5.92 Å². The van der Waals surface area contributed by atoms with E-state index in [1.165, 1.54) is 0 Å². The smallest absolute Gasteiger partial charge is 0.248 e. The summed E-state index contributed by atoms with van der Waals surface area (Å²) < 4.78 is 6.64. The average Bonchev–Trinajstić information content (AvgIpc) is 2.95. The summed E-state index contributed by atoms with van der Waals surface area (Å²) in [5.74, 6) is 1.05. The van der Waals surface area contributed by atoms with Crippen LogP contribution in [0.1, 0.15) is 19.7 Å². The van der Waals surface area contributed by atoms with Crippen molar-refractivity contribution in [3.8, 4) is 17.5 Å². The van der Waals surface area contributed by atoms with E-state index in [9.17, 15) is 0 Å². The molecule has 0 unspecified atom stereocenters. The monoisotopic (exact) mass is 348 g/mol. The summed E-state index contributed by atoms with van der Waals surface area (Å²) in [7, 11) is 0. The minimum Gasteiger partial charge on any atom is -0.419 e. The van der Waals surface area contributed by atoms with Crippen molar-refractivity contribution in [3.63, 3.8) is 0 Å². The van der Waals surface area contributed by atoms with Crippen LogP contribution in [0.2, 0.25) is 0 Å². The maximum Gasteiger partial charge on any atom is 0.248 e. The Labute approximate surface area is 132 Å². The highest BCUT2D eigenvalue weighted by Gasteiger charge is 2.15. The number of benzene rings is 1. The Kier molecular flexibility index (Phi) is 5.48. The van der Waals surface area contributed by atoms with Crippen molar-refractivity contribution in [2.75, 3.05) is 13.1 Å². The van der Waals surface area contributed by atoms with E-state index in [4.69, 9.17) is 9.68 Å². The molecule has 21 heavy (non-hydrogen) atoms. The lowest BCUT2D eigenvalue weighted by Crippen LogP contribution is -2.27. The highest BCUT2D eigenvalue weighted by molar-refractivity contribution is 9.10. The van der Waals surface area contributed by atoms with Gasteiger partial charge < -0.3 is 4.42 Å². The fraction of sp³-hybridized carbons (Fsp3) is 0.400. The Morgan fingerprint density at radius 2 is 2.14 bits per heavy atom. The third-order valence-corrected chi connectivity index (χ3v) is 3.82. The van der Waals surface area contributed by atoms with Gasteiger partial charge in [0.1, 0.15) is 0 Å². The Morgan fingerprint density at radius 1 is 1.38 bits per heavy atom. The number of halogens is 1. The molecule has 2 aromatic rings. The number of nitrogens with zero attached hydrogens (tertiary/aromatic N) is 4. The second-order valence-corrected chi connectivity index (χ2v) is 5.69. The zero-order chi connectivity index (χ0) is 15.2. The predicted molar refractivity (Wildman–Crippen MR) is 83.2 cm³/mol. The van der Waals surface area contributed by atoms with Crippen LogP contribution in [0, 0.1) is 17.2 Å². The van der Waals surface area contributed by atoms with Gasteiger partial charge in [-0.2, -0.15) is 5.26 Å². The van der Waals surface area contributed by atoms with E-state index in [0.29, 0.717) is 24.9 Å². The first kappa shape index (κ1) is 15.7. The summed E-state index contributed by atoms with van der Waals surface area (Å²) >= 11 is 3.47. The zero-order valence-electron chi connectivity index (χ0n) is 12.1. The van der Waals surface area contributed by atoms with E-state index >= 15 is 0 Å². The highest BCUT2D eigenvalue weighted by Crippen LogP contribution is 2.26. The Morgan fingerprint density at radius 3 is 2.81 bits per heavy atom. The van der Waals surface area contributed by atoms with Gasteiger partial charge in [-0.1, -0.05) is 19.1 Å². The van der Waals surface area contributed by atoms with Crippen molar-refractivity contribution < 1.29 is 4.42 Å². The zero-order valence-corrected chi connectivity index (χ0v) is 13.7. The van der Waals surface area contributed by atoms with Gasteiger partial charge in [-0.25, -0.2) is 0 Å². The molecule has 0 bridgehead atoms. The molecule has 1 atom stereocenters. The van der Waals surface area contributed by atoms with Gasteiger partial charge in [-0.15, -0.1) is 10.2 Å². The van der Waals surface area contributed by atoms with Crippen molar-refractivity contribution in [2.24, 2.45) is 5.92 Å². The summed E-state index contributed by atoms with van der Waals surface area (Å²) in [6.07, 6.45) is 0. The quantitative estimate of drug-likeness (QED) is 0.799. The molecule has 0 amide bonds. The second kappa shape index (κ2) is 7.34. The first-order chi connectivity index (χ1) is 10.1. The van der Waals surface area contributed by atoms with Gasteiger partial charge >= 0.3 is 0 Å². The largest absolute Gasteiger partial charge is 0.419 e. The molecule has 5 nitrogen and oxygen atoms in total. The van der Waals surface area contributed by atoms with E-state index in [1.807, 2.05) is 31.2 Å². The van der Waals surface area contributed by atoms with Crippen LogP contribution in [0.4, 0.5) is 0 Å². The molecule has 0 aliphatic heterocycles. The van der Waals surface area contributed by atoms with Gasteiger partial charge in [0, 0.05) is 11.0 Å². The molecule has 0 radical (unpaired) electrons. The van der Waals surface area contributed by atoms with Crippen LogP contribution < -0.4 is 0 Å². The van der Waals surface area contributed by atoms with Crippen molar-refractivity contribution in [1.29, 1.82) is 5.26 Å². The highest BCUT2D eigenvalue weighted by atomic mass is 79.9. The fourth-order valence-electron chi connectivity index (χ4n) is 1.99. The van der Waals surface area contributed by atoms with Crippen molar-refractivity contribution >= 4 is 15.9 Å². The fourth-order valence-corrected chi connectivity index (χ4v) is 2.44. The topological polar surface area (TPSA) is 66.0 Å². The molecular weight excluding hydrogens is 332 g/mol. The van der Waals surface area contributed by atoms with E-state index < -0.39 is 0 Å². The van der Waals surface area contributed by atoms with E-state index in [1.54, 1.807) is 0 Å². The molecule has 0 fully saturated rings. The molecule has 1 heterocycles. The minimum absolute atomic E-state index is 0.0180. The molecule has 110 valence electrons. The van der Waals surface area contributed by atoms with Crippen LogP contribution >= 0.6 is 15.9 Å². The third kappa shape index (κ3) is 4.13. The van der Waals surface area contributed by atoms with Gasteiger partial charge in [-0.3, -0.25) is 4.90 Å². The summed E-state index contributed by atoms with van der Waals surface area (Å²) in [6, 6.07) is 9.97. The van der Waals surface area contributed by atoms with Crippen LogP contribution in [0.25, 0.3) is 11.5 Å². The van der Waals surface area contributed by atoms with Gasteiger partial charge in [0.2, 0.25) is 11.8 Å². The number of nitriles is 1. The summed E-state index contributed by atoms with van der Waals surface area (Å²) in [5, 5.41) is 17.1. The second-order valence-electron chi connectivity index (χ2n) is 4.84. The van der Waals surface area contributed by atoms with Gasteiger partial charge in [0.05, 0.1) is 24.1 Å². The van der Waals surface area contributed by atoms with Crippen molar-refractivity contribution in [2.45, 2.75) is 20.4 Å². The molecular formula is C15H17BrN4O. The van der Waals surface area contributed by atoms with Crippen molar-refractivity contribution in [1.82, 2.24) is 15.1 Å². The van der Waals surface area contributed by atoms with Crippen molar-refractivity contribution in [3.05, 3.63) is 34.6 Å². The Bertz CT molecular complexity index is 635.